The molecule has 1 aliphatic carbocycles. The molecule has 5 nitrogen and oxygen atoms in total. The zero-order valence-electron chi connectivity index (χ0n) is 12.8. The summed E-state index contributed by atoms with van der Waals surface area (Å²) in [6.45, 7) is 3.82. The van der Waals surface area contributed by atoms with E-state index in [-0.39, 0.29) is 11.9 Å². The Morgan fingerprint density at radius 2 is 2.05 bits per heavy atom. The van der Waals surface area contributed by atoms with Gasteiger partial charge in [0.1, 0.15) is 0 Å². The topological polar surface area (TPSA) is 59.8 Å². The third-order valence-electron chi connectivity index (χ3n) is 4.13. The highest BCUT2D eigenvalue weighted by Gasteiger charge is 2.23. The predicted octanol–water partition coefficient (Wildman–Crippen LogP) is 3.21. The molecular weight excluding hydrogens is 300 g/mol. The molecule has 1 aromatic heterocycles. The molecule has 0 radical (unpaired) electrons. The van der Waals surface area contributed by atoms with Crippen molar-refractivity contribution in [2.45, 2.75) is 45.6 Å². The van der Waals surface area contributed by atoms with Crippen LogP contribution in [0, 0.1) is 13.8 Å². The molecule has 0 spiro atoms. The first-order valence-corrected chi connectivity index (χ1v) is 7.94. The number of halogens is 1. The van der Waals surface area contributed by atoms with Crippen molar-refractivity contribution in [3.8, 4) is 5.69 Å². The molecule has 1 aliphatic rings. The number of carbonyl (C=O) groups is 1. The Labute approximate surface area is 134 Å². The summed E-state index contributed by atoms with van der Waals surface area (Å²) in [4.78, 5) is 12.4. The van der Waals surface area contributed by atoms with E-state index in [1.54, 1.807) is 4.68 Å². The summed E-state index contributed by atoms with van der Waals surface area (Å²) in [5, 5.41) is 11.8. The van der Waals surface area contributed by atoms with Crippen molar-refractivity contribution in [2.24, 2.45) is 0 Å². The number of amides is 1. The molecule has 1 heterocycles. The zero-order chi connectivity index (χ0) is 15.7. The molecule has 1 aromatic carbocycles. The van der Waals surface area contributed by atoms with Crippen LogP contribution >= 0.6 is 11.6 Å². The van der Waals surface area contributed by atoms with Gasteiger partial charge in [-0.2, -0.15) is 0 Å². The minimum Gasteiger partial charge on any atom is -0.348 e. The van der Waals surface area contributed by atoms with Crippen molar-refractivity contribution in [1.29, 1.82) is 0 Å². The number of carbonyl (C=O) groups excluding carboxylic acids is 1. The minimum absolute atomic E-state index is 0.153. The highest BCUT2D eigenvalue weighted by atomic mass is 35.5. The van der Waals surface area contributed by atoms with E-state index in [0.717, 1.165) is 24.1 Å². The summed E-state index contributed by atoms with van der Waals surface area (Å²) in [5.74, 6) is -0.153. The normalized spacial score (nSPS) is 15.2. The van der Waals surface area contributed by atoms with Gasteiger partial charge in [-0.05, 0) is 44.4 Å². The van der Waals surface area contributed by atoms with Crippen molar-refractivity contribution in [3.05, 3.63) is 40.2 Å². The third kappa shape index (κ3) is 2.86. The maximum absolute atomic E-state index is 12.4. The first kappa shape index (κ1) is 15.0. The average Bonchev–Trinajstić information content (AvgIpc) is 3.11. The Bertz CT molecular complexity index is 704. The predicted molar refractivity (Wildman–Crippen MR) is 85.6 cm³/mol. The number of hydrogen-bond donors (Lipinski definition) is 1. The van der Waals surface area contributed by atoms with Crippen LogP contribution in [-0.4, -0.2) is 26.9 Å². The van der Waals surface area contributed by atoms with Gasteiger partial charge in [0, 0.05) is 6.04 Å². The quantitative estimate of drug-likeness (QED) is 0.945. The van der Waals surface area contributed by atoms with E-state index in [2.05, 4.69) is 15.6 Å². The molecule has 0 unspecified atom stereocenters. The SMILES string of the molecule is Cc1ccc(Cl)c(-n2nnc(C(=O)NC3CCCC3)c2C)c1. The molecule has 0 aliphatic heterocycles. The lowest BCUT2D eigenvalue weighted by atomic mass is 10.2. The third-order valence-corrected chi connectivity index (χ3v) is 4.45. The van der Waals surface area contributed by atoms with E-state index >= 15 is 0 Å². The number of benzene rings is 1. The monoisotopic (exact) mass is 318 g/mol. The van der Waals surface area contributed by atoms with E-state index in [9.17, 15) is 4.79 Å². The Morgan fingerprint density at radius 3 is 2.77 bits per heavy atom. The van der Waals surface area contributed by atoms with Gasteiger partial charge >= 0.3 is 0 Å². The zero-order valence-corrected chi connectivity index (χ0v) is 13.5. The number of nitrogens with one attached hydrogen (secondary N) is 1. The fourth-order valence-corrected chi connectivity index (χ4v) is 3.07. The Kier molecular flexibility index (Phi) is 4.16. The van der Waals surface area contributed by atoms with Crippen LogP contribution in [0.2, 0.25) is 5.02 Å². The molecule has 1 amide bonds. The van der Waals surface area contributed by atoms with Crippen molar-refractivity contribution in [2.75, 3.05) is 0 Å². The summed E-state index contributed by atoms with van der Waals surface area (Å²) in [6, 6.07) is 5.96. The second-order valence-corrected chi connectivity index (χ2v) is 6.25. The lowest BCUT2D eigenvalue weighted by molar-refractivity contribution is 0.0932. The van der Waals surface area contributed by atoms with Crippen LogP contribution in [0.1, 0.15) is 47.4 Å². The molecular formula is C16H19ClN4O. The Balaban J connectivity index is 1.88. The highest BCUT2D eigenvalue weighted by Crippen LogP contribution is 2.23. The highest BCUT2D eigenvalue weighted by molar-refractivity contribution is 6.32. The molecule has 1 saturated carbocycles. The van der Waals surface area contributed by atoms with Crippen LogP contribution in [0.4, 0.5) is 0 Å². The molecule has 0 saturated heterocycles. The number of hydrogen-bond acceptors (Lipinski definition) is 3. The second-order valence-electron chi connectivity index (χ2n) is 5.84. The van der Waals surface area contributed by atoms with Crippen molar-refractivity contribution in [1.82, 2.24) is 20.3 Å². The number of rotatable bonds is 3. The fourth-order valence-electron chi connectivity index (χ4n) is 2.88. The molecule has 0 bridgehead atoms. The van der Waals surface area contributed by atoms with Gasteiger partial charge in [-0.1, -0.05) is 35.7 Å². The summed E-state index contributed by atoms with van der Waals surface area (Å²) in [5.41, 5.74) is 2.88. The van der Waals surface area contributed by atoms with Gasteiger partial charge in [0.25, 0.3) is 5.91 Å². The molecule has 0 atom stereocenters. The average molecular weight is 319 g/mol. The molecule has 22 heavy (non-hydrogen) atoms. The van der Waals surface area contributed by atoms with Gasteiger partial charge in [0.15, 0.2) is 5.69 Å². The van der Waals surface area contributed by atoms with Crippen LogP contribution < -0.4 is 5.32 Å². The van der Waals surface area contributed by atoms with Gasteiger partial charge in [-0.3, -0.25) is 4.79 Å². The van der Waals surface area contributed by atoms with Crippen molar-refractivity contribution >= 4 is 17.5 Å². The molecule has 2 aromatic rings. The van der Waals surface area contributed by atoms with E-state index in [1.807, 2.05) is 32.0 Å². The first-order chi connectivity index (χ1) is 10.6. The van der Waals surface area contributed by atoms with Gasteiger partial charge in [-0.25, -0.2) is 4.68 Å². The Hall–Kier alpha value is -1.88. The van der Waals surface area contributed by atoms with Crippen LogP contribution in [-0.2, 0) is 0 Å². The van der Waals surface area contributed by atoms with Crippen LogP contribution in [0.25, 0.3) is 5.69 Å². The maximum Gasteiger partial charge on any atom is 0.273 e. The smallest absolute Gasteiger partial charge is 0.273 e. The van der Waals surface area contributed by atoms with Gasteiger partial charge < -0.3 is 5.32 Å². The van der Waals surface area contributed by atoms with Crippen molar-refractivity contribution in [3.63, 3.8) is 0 Å². The largest absolute Gasteiger partial charge is 0.348 e. The number of aromatic nitrogens is 3. The molecule has 6 heteroatoms. The summed E-state index contributed by atoms with van der Waals surface area (Å²) in [7, 11) is 0. The molecule has 116 valence electrons. The molecule has 3 rings (SSSR count). The van der Waals surface area contributed by atoms with Crippen molar-refractivity contribution < 1.29 is 4.79 Å². The van der Waals surface area contributed by atoms with E-state index in [1.165, 1.54) is 12.8 Å². The second kappa shape index (κ2) is 6.08. The van der Waals surface area contributed by atoms with Crippen LogP contribution in [0.5, 0.6) is 0 Å². The fraction of sp³-hybridized carbons (Fsp3) is 0.438. The molecule has 1 N–H and O–H groups in total. The van der Waals surface area contributed by atoms with Crippen LogP contribution in [0.15, 0.2) is 18.2 Å². The number of nitrogens with zero attached hydrogens (tertiary/aromatic N) is 3. The van der Waals surface area contributed by atoms with Gasteiger partial charge in [0.05, 0.1) is 16.4 Å². The first-order valence-electron chi connectivity index (χ1n) is 7.56. The summed E-state index contributed by atoms with van der Waals surface area (Å²) >= 11 is 6.24. The van der Waals surface area contributed by atoms with E-state index in [0.29, 0.717) is 16.4 Å². The lowest BCUT2D eigenvalue weighted by Gasteiger charge is -2.11. The van der Waals surface area contributed by atoms with Gasteiger partial charge in [-0.15, -0.1) is 5.10 Å². The van der Waals surface area contributed by atoms with Crippen LogP contribution in [0.3, 0.4) is 0 Å². The lowest BCUT2D eigenvalue weighted by Crippen LogP contribution is -2.33. The molecule has 1 fully saturated rings. The maximum atomic E-state index is 12.4. The Morgan fingerprint density at radius 1 is 1.32 bits per heavy atom. The summed E-state index contributed by atoms with van der Waals surface area (Å²) in [6.07, 6.45) is 4.44. The van der Waals surface area contributed by atoms with Gasteiger partial charge in [0.2, 0.25) is 0 Å². The minimum atomic E-state index is -0.153. The van der Waals surface area contributed by atoms with E-state index < -0.39 is 0 Å². The summed E-state index contributed by atoms with van der Waals surface area (Å²) < 4.78 is 1.62. The van der Waals surface area contributed by atoms with E-state index in [4.69, 9.17) is 11.6 Å². The number of aryl methyl sites for hydroxylation is 1. The standard InChI is InChI=1S/C16H19ClN4O/c1-10-7-8-13(17)14(9-10)21-11(2)15(19-20-21)16(22)18-12-5-3-4-6-12/h7-9,12H,3-6H2,1-2H3,(H,18,22).